The minimum atomic E-state index is -1.11. The SMILES string of the molecule is CCCCc1cc(F)cc(F)c1F. The molecule has 0 aliphatic heterocycles. The Morgan fingerprint density at radius 3 is 2.46 bits per heavy atom. The maximum Gasteiger partial charge on any atom is 0.162 e. The van der Waals surface area contributed by atoms with Crippen LogP contribution in [0.4, 0.5) is 13.2 Å². The van der Waals surface area contributed by atoms with E-state index < -0.39 is 17.5 Å². The van der Waals surface area contributed by atoms with Crippen LogP contribution in [0.1, 0.15) is 25.3 Å². The zero-order valence-corrected chi connectivity index (χ0v) is 7.41. The first kappa shape index (κ1) is 10.1. The Labute approximate surface area is 75.4 Å². The van der Waals surface area contributed by atoms with Crippen molar-refractivity contribution in [2.45, 2.75) is 26.2 Å². The Morgan fingerprint density at radius 2 is 1.85 bits per heavy atom. The van der Waals surface area contributed by atoms with E-state index in [1.165, 1.54) is 0 Å². The number of hydrogen-bond acceptors (Lipinski definition) is 0. The van der Waals surface area contributed by atoms with E-state index in [1.807, 2.05) is 6.92 Å². The van der Waals surface area contributed by atoms with Gasteiger partial charge in [-0.05, 0) is 24.5 Å². The fourth-order valence-corrected chi connectivity index (χ4v) is 1.16. The van der Waals surface area contributed by atoms with Gasteiger partial charge in [0, 0.05) is 6.07 Å². The van der Waals surface area contributed by atoms with E-state index in [9.17, 15) is 13.2 Å². The molecule has 0 aliphatic carbocycles. The third-order valence-electron chi connectivity index (χ3n) is 1.87. The highest BCUT2D eigenvalue weighted by Gasteiger charge is 2.09. The van der Waals surface area contributed by atoms with Crippen molar-refractivity contribution >= 4 is 0 Å². The van der Waals surface area contributed by atoms with Gasteiger partial charge in [0.1, 0.15) is 5.82 Å². The molecule has 0 saturated heterocycles. The molecule has 0 bridgehead atoms. The van der Waals surface area contributed by atoms with Crippen molar-refractivity contribution in [3.8, 4) is 0 Å². The van der Waals surface area contributed by atoms with Crippen molar-refractivity contribution < 1.29 is 13.2 Å². The molecule has 0 N–H and O–H groups in total. The standard InChI is InChI=1S/C10H11F3/c1-2-3-4-7-5-8(11)6-9(12)10(7)13/h5-6H,2-4H2,1H3. The van der Waals surface area contributed by atoms with E-state index in [0.717, 1.165) is 18.9 Å². The van der Waals surface area contributed by atoms with Gasteiger partial charge < -0.3 is 0 Å². The second-order valence-corrected chi connectivity index (χ2v) is 2.96. The number of unbranched alkanes of at least 4 members (excludes halogenated alkanes) is 1. The van der Waals surface area contributed by atoms with Crippen LogP contribution >= 0.6 is 0 Å². The summed E-state index contributed by atoms with van der Waals surface area (Å²) in [5.74, 6) is -2.74. The maximum absolute atomic E-state index is 13.0. The molecule has 1 aromatic rings. The summed E-state index contributed by atoms with van der Waals surface area (Å²) in [5.41, 5.74) is 0.124. The molecule has 1 aromatic carbocycles. The summed E-state index contributed by atoms with van der Waals surface area (Å²) < 4.78 is 38.2. The lowest BCUT2D eigenvalue weighted by Crippen LogP contribution is -1.96. The predicted octanol–water partition coefficient (Wildman–Crippen LogP) is 3.45. The van der Waals surface area contributed by atoms with Gasteiger partial charge in [0.2, 0.25) is 0 Å². The summed E-state index contributed by atoms with van der Waals surface area (Å²) in [5, 5.41) is 0. The highest BCUT2D eigenvalue weighted by atomic mass is 19.2. The van der Waals surface area contributed by atoms with Crippen molar-refractivity contribution in [3.63, 3.8) is 0 Å². The molecule has 0 unspecified atom stereocenters. The Morgan fingerprint density at radius 1 is 1.15 bits per heavy atom. The first-order valence-corrected chi connectivity index (χ1v) is 4.28. The molecule has 0 aromatic heterocycles. The third-order valence-corrected chi connectivity index (χ3v) is 1.87. The number of benzene rings is 1. The van der Waals surface area contributed by atoms with Gasteiger partial charge in [-0.3, -0.25) is 0 Å². The van der Waals surface area contributed by atoms with Crippen LogP contribution in [0.15, 0.2) is 12.1 Å². The minimum Gasteiger partial charge on any atom is -0.207 e. The quantitative estimate of drug-likeness (QED) is 0.637. The smallest absolute Gasteiger partial charge is 0.162 e. The largest absolute Gasteiger partial charge is 0.207 e. The van der Waals surface area contributed by atoms with Gasteiger partial charge in [-0.25, -0.2) is 13.2 Å². The highest BCUT2D eigenvalue weighted by Crippen LogP contribution is 2.16. The number of rotatable bonds is 3. The molecule has 0 fully saturated rings. The summed E-state index contributed by atoms with van der Waals surface area (Å²) in [6, 6.07) is 1.61. The van der Waals surface area contributed by atoms with Crippen molar-refractivity contribution in [1.82, 2.24) is 0 Å². The van der Waals surface area contributed by atoms with Crippen LogP contribution in [-0.2, 0) is 6.42 Å². The Kier molecular flexibility index (Phi) is 3.34. The van der Waals surface area contributed by atoms with E-state index in [-0.39, 0.29) is 5.56 Å². The van der Waals surface area contributed by atoms with E-state index in [0.29, 0.717) is 12.5 Å². The van der Waals surface area contributed by atoms with E-state index >= 15 is 0 Å². The Hall–Kier alpha value is -0.990. The predicted molar refractivity (Wildman–Crippen MR) is 44.9 cm³/mol. The van der Waals surface area contributed by atoms with E-state index in [2.05, 4.69) is 0 Å². The van der Waals surface area contributed by atoms with Crippen LogP contribution in [0.3, 0.4) is 0 Å². The summed E-state index contributed by atoms with van der Waals surface area (Å²) in [6.07, 6.45) is 1.99. The molecular weight excluding hydrogens is 177 g/mol. The first-order chi connectivity index (χ1) is 6.15. The molecule has 0 radical (unpaired) electrons. The number of hydrogen-bond donors (Lipinski definition) is 0. The number of halogens is 3. The van der Waals surface area contributed by atoms with Gasteiger partial charge in [0.05, 0.1) is 0 Å². The summed E-state index contributed by atoms with van der Waals surface area (Å²) in [4.78, 5) is 0. The lowest BCUT2D eigenvalue weighted by Gasteiger charge is -2.02. The van der Waals surface area contributed by atoms with Crippen molar-refractivity contribution in [1.29, 1.82) is 0 Å². The van der Waals surface area contributed by atoms with Crippen LogP contribution in [-0.4, -0.2) is 0 Å². The van der Waals surface area contributed by atoms with Gasteiger partial charge in [0.15, 0.2) is 11.6 Å². The van der Waals surface area contributed by atoms with Crippen LogP contribution in [0.5, 0.6) is 0 Å². The molecule has 1 rings (SSSR count). The summed E-state index contributed by atoms with van der Waals surface area (Å²) in [6.45, 7) is 1.94. The zero-order chi connectivity index (χ0) is 9.84. The van der Waals surface area contributed by atoms with Crippen molar-refractivity contribution in [3.05, 3.63) is 35.1 Å². The Bertz CT molecular complexity index is 294. The normalized spacial score (nSPS) is 10.5. The average molecular weight is 188 g/mol. The van der Waals surface area contributed by atoms with Crippen molar-refractivity contribution in [2.24, 2.45) is 0 Å². The minimum absolute atomic E-state index is 0.124. The second-order valence-electron chi connectivity index (χ2n) is 2.96. The van der Waals surface area contributed by atoms with Crippen LogP contribution in [0.25, 0.3) is 0 Å². The zero-order valence-electron chi connectivity index (χ0n) is 7.41. The fraction of sp³-hybridized carbons (Fsp3) is 0.400. The molecule has 3 heteroatoms. The summed E-state index contributed by atoms with van der Waals surface area (Å²) in [7, 11) is 0. The van der Waals surface area contributed by atoms with Crippen LogP contribution in [0, 0.1) is 17.5 Å². The van der Waals surface area contributed by atoms with Crippen molar-refractivity contribution in [2.75, 3.05) is 0 Å². The van der Waals surface area contributed by atoms with E-state index in [4.69, 9.17) is 0 Å². The average Bonchev–Trinajstić information content (AvgIpc) is 2.09. The first-order valence-electron chi connectivity index (χ1n) is 4.28. The van der Waals surface area contributed by atoms with E-state index in [1.54, 1.807) is 0 Å². The van der Waals surface area contributed by atoms with Crippen LogP contribution in [0.2, 0.25) is 0 Å². The Balaban J connectivity index is 2.92. The molecule has 0 heterocycles. The molecule has 0 saturated carbocycles. The number of aryl methyl sites for hydroxylation is 1. The monoisotopic (exact) mass is 188 g/mol. The molecular formula is C10H11F3. The van der Waals surface area contributed by atoms with Gasteiger partial charge in [0.25, 0.3) is 0 Å². The third kappa shape index (κ3) is 2.47. The maximum atomic E-state index is 13.0. The molecule has 13 heavy (non-hydrogen) atoms. The van der Waals surface area contributed by atoms with Gasteiger partial charge in [-0.1, -0.05) is 13.3 Å². The molecule has 0 aliphatic rings. The molecule has 0 nitrogen and oxygen atoms in total. The van der Waals surface area contributed by atoms with Crippen LogP contribution < -0.4 is 0 Å². The molecule has 0 spiro atoms. The molecule has 0 amide bonds. The lowest BCUT2D eigenvalue weighted by molar-refractivity contribution is 0.483. The summed E-state index contributed by atoms with van der Waals surface area (Å²) >= 11 is 0. The lowest BCUT2D eigenvalue weighted by atomic mass is 10.1. The van der Waals surface area contributed by atoms with Gasteiger partial charge in [-0.15, -0.1) is 0 Å². The van der Waals surface area contributed by atoms with Gasteiger partial charge in [-0.2, -0.15) is 0 Å². The highest BCUT2D eigenvalue weighted by molar-refractivity contribution is 5.20. The molecule has 72 valence electrons. The fourth-order valence-electron chi connectivity index (χ4n) is 1.16. The second kappa shape index (κ2) is 4.30. The topological polar surface area (TPSA) is 0 Å². The molecule has 0 atom stereocenters. The van der Waals surface area contributed by atoms with Gasteiger partial charge >= 0.3 is 0 Å².